The van der Waals surface area contributed by atoms with Gasteiger partial charge in [0, 0.05) is 0 Å². The minimum Gasteiger partial charge on any atom is -0.507 e. The molecule has 1 aromatic rings. The van der Waals surface area contributed by atoms with Crippen molar-refractivity contribution in [2.75, 3.05) is 13.2 Å². The molecule has 0 aromatic heterocycles. The zero-order valence-electron chi connectivity index (χ0n) is 8.49. The van der Waals surface area contributed by atoms with E-state index in [0.29, 0.717) is 18.8 Å². The Hall–Kier alpha value is -1.55. The molecule has 2 N–H and O–H groups in total. The van der Waals surface area contributed by atoms with Crippen LogP contribution in [0.1, 0.15) is 15.9 Å². The highest BCUT2D eigenvalue weighted by atomic mass is 16.5. The third-order valence-corrected chi connectivity index (χ3v) is 2.37. The summed E-state index contributed by atoms with van der Waals surface area (Å²) in [7, 11) is 0. The van der Waals surface area contributed by atoms with Gasteiger partial charge < -0.3 is 15.2 Å². The van der Waals surface area contributed by atoms with Gasteiger partial charge in [-0.2, -0.15) is 0 Å². The smallest absolute Gasteiger partial charge is 0.255 e. The number of carbonyl (C=O) groups excluding carboxylic acids is 1. The van der Waals surface area contributed by atoms with Gasteiger partial charge in [-0.3, -0.25) is 4.79 Å². The van der Waals surface area contributed by atoms with Crippen LogP contribution in [-0.4, -0.2) is 30.3 Å². The molecular formula is C11H13NO3. The highest BCUT2D eigenvalue weighted by Gasteiger charge is 2.22. The Kier molecular flexibility index (Phi) is 2.60. The van der Waals surface area contributed by atoms with Gasteiger partial charge in [0.05, 0.1) is 24.8 Å². The fourth-order valence-electron chi connectivity index (χ4n) is 1.41. The zero-order valence-corrected chi connectivity index (χ0v) is 8.49. The average Bonchev–Trinajstić information content (AvgIpc) is 2.15. The first-order valence-electron chi connectivity index (χ1n) is 4.85. The molecule has 2 rings (SSSR count). The fourth-order valence-corrected chi connectivity index (χ4v) is 1.41. The number of hydrogen-bond donors (Lipinski definition) is 2. The van der Waals surface area contributed by atoms with E-state index in [2.05, 4.69) is 5.32 Å². The Morgan fingerprint density at radius 2 is 2.27 bits per heavy atom. The Balaban J connectivity index is 2.12. The van der Waals surface area contributed by atoms with E-state index in [9.17, 15) is 9.90 Å². The molecule has 1 saturated heterocycles. The second-order valence-electron chi connectivity index (χ2n) is 3.73. The molecular weight excluding hydrogens is 194 g/mol. The summed E-state index contributed by atoms with van der Waals surface area (Å²) in [5.41, 5.74) is 1.27. The molecule has 0 spiro atoms. The molecule has 1 aromatic carbocycles. The molecule has 0 unspecified atom stereocenters. The van der Waals surface area contributed by atoms with Crippen LogP contribution >= 0.6 is 0 Å². The lowest BCUT2D eigenvalue weighted by Crippen LogP contribution is -2.48. The Morgan fingerprint density at radius 1 is 1.53 bits per heavy atom. The quantitative estimate of drug-likeness (QED) is 0.755. The van der Waals surface area contributed by atoms with Gasteiger partial charge in [-0.25, -0.2) is 0 Å². The molecule has 15 heavy (non-hydrogen) atoms. The van der Waals surface area contributed by atoms with Crippen LogP contribution in [0.5, 0.6) is 5.75 Å². The van der Waals surface area contributed by atoms with Crippen LogP contribution in [0.15, 0.2) is 18.2 Å². The lowest BCUT2D eigenvalue weighted by Gasteiger charge is -2.26. The van der Waals surface area contributed by atoms with E-state index < -0.39 is 0 Å². The van der Waals surface area contributed by atoms with Gasteiger partial charge in [-0.1, -0.05) is 11.6 Å². The molecule has 0 aliphatic carbocycles. The molecule has 0 radical (unpaired) electrons. The Labute approximate surface area is 87.9 Å². The number of benzene rings is 1. The van der Waals surface area contributed by atoms with Crippen LogP contribution in [0.25, 0.3) is 0 Å². The van der Waals surface area contributed by atoms with Crippen molar-refractivity contribution in [1.82, 2.24) is 5.32 Å². The van der Waals surface area contributed by atoms with E-state index in [1.807, 2.05) is 6.92 Å². The maximum atomic E-state index is 11.7. The summed E-state index contributed by atoms with van der Waals surface area (Å²) in [5, 5.41) is 12.3. The minimum absolute atomic E-state index is 0.0124. The number of phenolic OH excluding ortho intramolecular Hbond substituents is 1. The number of ether oxygens (including phenoxy) is 1. The predicted molar refractivity (Wildman–Crippen MR) is 54.9 cm³/mol. The highest BCUT2D eigenvalue weighted by molar-refractivity contribution is 5.97. The first kappa shape index (κ1) is 9.98. The van der Waals surface area contributed by atoms with E-state index in [0.717, 1.165) is 5.56 Å². The number of nitrogens with one attached hydrogen (secondary N) is 1. The largest absolute Gasteiger partial charge is 0.507 e. The number of aryl methyl sites for hydroxylation is 1. The number of amides is 1. The molecule has 0 atom stereocenters. The molecule has 4 heteroatoms. The summed E-state index contributed by atoms with van der Waals surface area (Å²) in [4.78, 5) is 11.7. The van der Waals surface area contributed by atoms with Crippen LogP contribution in [0.4, 0.5) is 0 Å². The van der Waals surface area contributed by atoms with Gasteiger partial charge >= 0.3 is 0 Å². The van der Waals surface area contributed by atoms with E-state index in [1.165, 1.54) is 6.07 Å². The number of aromatic hydroxyl groups is 1. The van der Waals surface area contributed by atoms with Crippen molar-refractivity contribution in [2.45, 2.75) is 13.0 Å². The van der Waals surface area contributed by atoms with Gasteiger partial charge in [-0.15, -0.1) is 0 Å². The van der Waals surface area contributed by atoms with Gasteiger partial charge in [0.1, 0.15) is 5.75 Å². The molecule has 1 aliphatic rings. The lowest BCUT2D eigenvalue weighted by molar-refractivity contribution is -0.00350. The second kappa shape index (κ2) is 3.90. The summed E-state index contributed by atoms with van der Waals surface area (Å²) in [6.45, 7) is 2.99. The molecule has 1 heterocycles. The maximum absolute atomic E-state index is 11.7. The summed E-state index contributed by atoms with van der Waals surface area (Å²) in [6.07, 6.45) is 0. The van der Waals surface area contributed by atoms with Crippen molar-refractivity contribution in [2.24, 2.45) is 0 Å². The third-order valence-electron chi connectivity index (χ3n) is 2.37. The molecule has 0 saturated carbocycles. The molecule has 4 nitrogen and oxygen atoms in total. The molecule has 0 bridgehead atoms. The maximum Gasteiger partial charge on any atom is 0.255 e. The summed E-state index contributed by atoms with van der Waals surface area (Å²) in [6, 6.07) is 5.04. The third kappa shape index (κ3) is 2.10. The van der Waals surface area contributed by atoms with Crippen molar-refractivity contribution in [3.63, 3.8) is 0 Å². The van der Waals surface area contributed by atoms with E-state index >= 15 is 0 Å². The first-order valence-corrected chi connectivity index (χ1v) is 4.85. The van der Waals surface area contributed by atoms with Crippen molar-refractivity contribution < 1.29 is 14.6 Å². The van der Waals surface area contributed by atoms with Crippen LogP contribution in [0, 0.1) is 6.92 Å². The summed E-state index contributed by atoms with van der Waals surface area (Å²) < 4.78 is 4.95. The Bertz CT molecular complexity index is 385. The minimum atomic E-state index is -0.246. The van der Waals surface area contributed by atoms with Gasteiger partial charge in [0.25, 0.3) is 5.91 Å². The summed E-state index contributed by atoms with van der Waals surface area (Å²) in [5.74, 6) is -0.233. The number of rotatable bonds is 2. The predicted octanol–water partition coefficient (Wildman–Crippen LogP) is 0.829. The van der Waals surface area contributed by atoms with Crippen LogP contribution in [-0.2, 0) is 4.74 Å². The van der Waals surface area contributed by atoms with Gasteiger partial charge in [0.2, 0.25) is 0 Å². The van der Waals surface area contributed by atoms with Crippen LogP contribution in [0.3, 0.4) is 0 Å². The second-order valence-corrected chi connectivity index (χ2v) is 3.73. The standard InChI is InChI=1S/C11H13NO3/c1-7-2-3-10(13)9(4-7)11(14)12-8-5-15-6-8/h2-4,8,13H,5-6H2,1H3,(H,12,14). The molecule has 80 valence electrons. The normalized spacial score (nSPS) is 15.8. The highest BCUT2D eigenvalue weighted by Crippen LogP contribution is 2.18. The number of phenols is 1. The van der Waals surface area contributed by atoms with Crippen molar-refractivity contribution >= 4 is 5.91 Å². The van der Waals surface area contributed by atoms with E-state index in [1.54, 1.807) is 12.1 Å². The SMILES string of the molecule is Cc1ccc(O)c(C(=O)NC2COC2)c1. The monoisotopic (exact) mass is 207 g/mol. The van der Waals surface area contributed by atoms with Crippen molar-refractivity contribution in [3.8, 4) is 5.75 Å². The lowest BCUT2D eigenvalue weighted by atomic mass is 10.1. The molecule has 1 aliphatic heterocycles. The number of hydrogen-bond acceptors (Lipinski definition) is 3. The van der Waals surface area contributed by atoms with Crippen LogP contribution in [0.2, 0.25) is 0 Å². The average molecular weight is 207 g/mol. The van der Waals surface area contributed by atoms with Gasteiger partial charge in [-0.05, 0) is 19.1 Å². The fraction of sp³-hybridized carbons (Fsp3) is 0.364. The van der Waals surface area contributed by atoms with Crippen molar-refractivity contribution in [1.29, 1.82) is 0 Å². The van der Waals surface area contributed by atoms with Gasteiger partial charge in [0.15, 0.2) is 0 Å². The Morgan fingerprint density at radius 3 is 2.87 bits per heavy atom. The molecule has 1 amide bonds. The number of carbonyl (C=O) groups is 1. The van der Waals surface area contributed by atoms with E-state index in [4.69, 9.17) is 4.74 Å². The van der Waals surface area contributed by atoms with Crippen molar-refractivity contribution in [3.05, 3.63) is 29.3 Å². The zero-order chi connectivity index (χ0) is 10.8. The first-order chi connectivity index (χ1) is 7.16. The molecule has 1 fully saturated rings. The topological polar surface area (TPSA) is 58.6 Å². The summed E-state index contributed by atoms with van der Waals surface area (Å²) >= 11 is 0. The van der Waals surface area contributed by atoms with Crippen LogP contribution < -0.4 is 5.32 Å². The van der Waals surface area contributed by atoms with E-state index in [-0.39, 0.29) is 17.7 Å².